The lowest BCUT2D eigenvalue weighted by atomic mass is 10.0. The molecule has 1 aliphatic carbocycles. The minimum atomic E-state index is 0.0309. The number of nitrogens with zero attached hydrogens (tertiary/aromatic N) is 1. The Kier molecular flexibility index (Phi) is 3.71. The van der Waals surface area contributed by atoms with Gasteiger partial charge in [0.25, 0.3) is 0 Å². The fourth-order valence-corrected chi connectivity index (χ4v) is 3.98. The maximum absolute atomic E-state index is 12.5. The number of amides is 1. The fourth-order valence-electron chi connectivity index (χ4n) is 3.25. The van der Waals surface area contributed by atoms with Gasteiger partial charge in [0.2, 0.25) is 5.91 Å². The van der Waals surface area contributed by atoms with Gasteiger partial charge >= 0.3 is 0 Å². The summed E-state index contributed by atoms with van der Waals surface area (Å²) in [5.41, 5.74) is 1.94. The first-order valence-electron chi connectivity index (χ1n) is 7.68. The highest BCUT2D eigenvalue weighted by atomic mass is 32.1. The van der Waals surface area contributed by atoms with Crippen molar-refractivity contribution in [1.82, 2.24) is 4.98 Å². The Bertz CT molecular complexity index is 718. The van der Waals surface area contributed by atoms with Crippen LogP contribution in [-0.2, 0) is 4.79 Å². The summed E-state index contributed by atoms with van der Waals surface area (Å²) in [6, 6.07) is 7.74. The van der Waals surface area contributed by atoms with Crippen molar-refractivity contribution in [1.29, 1.82) is 0 Å². The van der Waals surface area contributed by atoms with Gasteiger partial charge in [-0.25, -0.2) is 4.98 Å². The lowest BCUT2D eigenvalue weighted by Crippen LogP contribution is -2.17. The highest BCUT2D eigenvalue weighted by Gasteiger charge is 2.68. The molecule has 4 nitrogen and oxygen atoms in total. The van der Waals surface area contributed by atoms with Gasteiger partial charge in [-0.05, 0) is 35.1 Å². The predicted octanol–water partition coefficient (Wildman–Crippen LogP) is 4.44. The molecular weight excluding hydrogens is 308 g/mol. The first-order chi connectivity index (χ1) is 10.8. The average Bonchev–Trinajstić information content (AvgIpc) is 2.83. The molecule has 0 radical (unpaired) electrons. The molecule has 122 valence electrons. The van der Waals surface area contributed by atoms with Crippen molar-refractivity contribution in [3.8, 4) is 17.0 Å². The molecule has 1 fully saturated rings. The van der Waals surface area contributed by atoms with Crippen LogP contribution < -0.4 is 10.1 Å². The molecular formula is C18H22N2O2S. The number of nitrogens with one attached hydrogen (secondary N) is 1. The second-order valence-electron chi connectivity index (χ2n) is 7.13. The third kappa shape index (κ3) is 2.63. The number of hydrogen-bond acceptors (Lipinski definition) is 4. The number of ether oxygens (including phenoxy) is 1. The van der Waals surface area contributed by atoms with Crippen LogP contribution >= 0.6 is 11.3 Å². The minimum absolute atomic E-state index is 0.0309. The summed E-state index contributed by atoms with van der Waals surface area (Å²) < 4.78 is 5.16. The number of thiazole rings is 1. The molecule has 3 rings (SSSR count). The van der Waals surface area contributed by atoms with Gasteiger partial charge in [-0.2, -0.15) is 0 Å². The Morgan fingerprint density at radius 3 is 2.30 bits per heavy atom. The first kappa shape index (κ1) is 16.0. The van der Waals surface area contributed by atoms with Gasteiger partial charge in [-0.1, -0.05) is 27.7 Å². The monoisotopic (exact) mass is 330 g/mol. The number of carbonyl (C=O) groups is 1. The minimum Gasteiger partial charge on any atom is -0.497 e. The van der Waals surface area contributed by atoms with Gasteiger partial charge in [-0.15, -0.1) is 11.3 Å². The maximum Gasteiger partial charge on any atom is 0.230 e. The van der Waals surface area contributed by atoms with E-state index in [-0.39, 0.29) is 22.7 Å². The summed E-state index contributed by atoms with van der Waals surface area (Å²) in [5.74, 6) is 0.912. The molecule has 0 bridgehead atoms. The lowest BCUT2D eigenvalue weighted by molar-refractivity contribution is -0.118. The van der Waals surface area contributed by atoms with Crippen LogP contribution in [0.1, 0.15) is 27.7 Å². The van der Waals surface area contributed by atoms with E-state index >= 15 is 0 Å². The molecule has 0 aliphatic heterocycles. The molecule has 1 aromatic heterocycles. The Labute approximate surface area is 140 Å². The normalized spacial score (nSPS) is 18.5. The number of carbonyl (C=O) groups excluding carboxylic acids is 1. The summed E-state index contributed by atoms with van der Waals surface area (Å²) >= 11 is 1.45. The van der Waals surface area contributed by atoms with Crippen molar-refractivity contribution in [2.24, 2.45) is 16.7 Å². The zero-order valence-electron chi connectivity index (χ0n) is 14.1. The lowest BCUT2D eigenvalue weighted by Gasteiger charge is -2.03. The van der Waals surface area contributed by atoms with E-state index in [0.717, 1.165) is 17.0 Å². The van der Waals surface area contributed by atoms with E-state index in [9.17, 15) is 4.79 Å². The molecule has 0 unspecified atom stereocenters. The van der Waals surface area contributed by atoms with Crippen LogP contribution in [0.3, 0.4) is 0 Å². The van der Waals surface area contributed by atoms with Crippen LogP contribution in [0.25, 0.3) is 11.3 Å². The van der Waals surface area contributed by atoms with Crippen LogP contribution in [0.5, 0.6) is 5.75 Å². The Morgan fingerprint density at radius 1 is 1.17 bits per heavy atom. The number of rotatable bonds is 4. The Balaban J connectivity index is 1.71. The van der Waals surface area contributed by atoms with Crippen LogP contribution in [0.4, 0.5) is 5.13 Å². The van der Waals surface area contributed by atoms with Crippen molar-refractivity contribution < 1.29 is 9.53 Å². The highest BCUT2D eigenvalue weighted by molar-refractivity contribution is 7.14. The van der Waals surface area contributed by atoms with Crippen LogP contribution in [0.15, 0.2) is 29.6 Å². The van der Waals surface area contributed by atoms with Crippen molar-refractivity contribution in [2.75, 3.05) is 12.4 Å². The van der Waals surface area contributed by atoms with Crippen LogP contribution in [0, 0.1) is 16.7 Å². The van der Waals surface area contributed by atoms with E-state index in [2.05, 4.69) is 38.0 Å². The van der Waals surface area contributed by atoms with Gasteiger partial charge in [-0.3, -0.25) is 4.79 Å². The molecule has 1 aromatic carbocycles. The van der Waals surface area contributed by atoms with Crippen molar-refractivity contribution in [2.45, 2.75) is 27.7 Å². The highest BCUT2D eigenvalue weighted by Crippen LogP contribution is 2.68. The van der Waals surface area contributed by atoms with Crippen LogP contribution in [-0.4, -0.2) is 18.0 Å². The van der Waals surface area contributed by atoms with Gasteiger partial charge in [0, 0.05) is 16.9 Å². The quantitative estimate of drug-likeness (QED) is 0.901. The zero-order valence-corrected chi connectivity index (χ0v) is 15.0. The molecule has 0 saturated heterocycles. The van der Waals surface area contributed by atoms with Crippen molar-refractivity contribution >= 4 is 22.4 Å². The topological polar surface area (TPSA) is 51.2 Å². The van der Waals surface area contributed by atoms with E-state index in [0.29, 0.717) is 5.13 Å². The molecule has 23 heavy (non-hydrogen) atoms. The number of methoxy groups -OCH3 is 1. The number of aromatic nitrogens is 1. The molecule has 1 N–H and O–H groups in total. The second kappa shape index (κ2) is 5.34. The summed E-state index contributed by atoms with van der Waals surface area (Å²) in [4.78, 5) is 17.0. The molecule has 2 aromatic rings. The number of hydrogen-bond donors (Lipinski definition) is 1. The molecule has 5 heteroatoms. The Morgan fingerprint density at radius 2 is 1.78 bits per heavy atom. The first-order valence-corrected chi connectivity index (χ1v) is 8.56. The van der Waals surface area contributed by atoms with E-state index in [1.807, 2.05) is 29.6 Å². The van der Waals surface area contributed by atoms with E-state index in [1.165, 1.54) is 11.3 Å². The molecule has 1 aliphatic rings. The predicted molar refractivity (Wildman–Crippen MR) is 93.8 cm³/mol. The Hall–Kier alpha value is -1.88. The molecule has 1 heterocycles. The number of anilines is 1. The van der Waals surface area contributed by atoms with E-state index in [1.54, 1.807) is 7.11 Å². The van der Waals surface area contributed by atoms with Gasteiger partial charge in [0.05, 0.1) is 12.8 Å². The summed E-state index contributed by atoms with van der Waals surface area (Å²) in [6.45, 7) is 8.56. The van der Waals surface area contributed by atoms with Crippen molar-refractivity contribution in [3.05, 3.63) is 29.6 Å². The standard InChI is InChI=1S/C18H22N2O2S/c1-17(2)14(18(17,3)4)15(21)20-16-19-13(10-23-16)11-6-8-12(22-5)9-7-11/h6-10,14H,1-5H3,(H,19,20,21). The zero-order chi connectivity index (χ0) is 16.8. The average molecular weight is 330 g/mol. The largest absolute Gasteiger partial charge is 0.497 e. The maximum atomic E-state index is 12.5. The van der Waals surface area contributed by atoms with E-state index in [4.69, 9.17) is 4.74 Å². The molecule has 0 spiro atoms. The summed E-state index contributed by atoms with van der Waals surface area (Å²) in [6.07, 6.45) is 0. The summed E-state index contributed by atoms with van der Waals surface area (Å²) in [7, 11) is 1.65. The van der Waals surface area contributed by atoms with Crippen molar-refractivity contribution in [3.63, 3.8) is 0 Å². The third-order valence-corrected chi connectivity index (χ3v) is 6.16. The smallest absolute Gasteiger partial charge is 0.230 e. The fraction of sp³-hybridized carbons (Fsp3) is 0.444. The second-order valence-corrected chi connectivity index (χ2v) is 7.99. The van der Waals surface area contributed by atoms with Gasteiger partial charge in [0.15, 0.2) is 5.13 Å². The summed E-state index contributed by atoms with van der Waals surface area (Å²) in [5, 5.41) is 5.58. The number of benzene rings is 1. The molecule has 1 saturated carbocycles. The third-order valence-electron chi connectivity index (χ3n) is 5.40. The molecule has 0 atom stereocenters. The SMILES string of the molecule is COc1ccc(-c2csc(NC(=O)C3C(C)(C)C3(C)C)n2)cc1. The van der Waals surface area contributed by atoms with E-state index < -0.39 is 0 Å². The van der Waals surface area contributed by atoms with Crippen LogP contribution in [0.2, 0.25) is 0 Å². The van der Waals surface area contributed by atoms with Gasteiger partial charge < -0.3 is 10.1 Å². The van der Waals surface area contributed by atoms with Gasteiger partial charge in [0.1, 0.15) is 5.75 Å². The molecule has 1 amide bonds.